The van der Waals surface area contributed by atoms with E-state index in [1.165, 1.54) is 6.21 Å². The van der Waals surface area contributed by atoms with E-state index in [0.29, 0.717) is 36.6 Å². The molecule has 0 heterocycles. The molecule has 2 rings (SSSR count). The molecule has 2 aromatic rings. The molecule has 0 fully saturated rings. The summed E-state index contributed by atoms with van der Waals surface area (Å²) in [5.74, 6) is -0.366. The Morgan fingerprint density at radius 3 is 2.56 bits per heavy atom. The Morgan fingerprint density at radius 1 is 1.07 bits per heavy atom. The lowest BCUT2D eigenvalue weighted by molar-refractivity contribution is -0.139. The molecule has 0 aliphatic rings. The quantitative estimate of drug-likeness (QED) is 0.423. The lowest BCUT2D eigenvalue weighted by Gasteiger charge is -2.09. The molecule has 0 aromatic heterocycles. The number of methoxy groups -OCH3 is 1. The number of carbonyl (C=O) groups is 2. The van der Waals surface area contributed by atoms with Crippen LogP contribution in [0.25, 0.3) is 0 Å². The molecule has 0 atom stereocenters. The van der Waals surface area contributed by atoms with E-state index in [4.69, 9.17) is 9.47 Å². The van der Waals surface area contributed by atoms with E-state index in [2.05, 4.69) is 15.8 Å². The SMILES string of the molecule is CCOc1ccc(/C=N\NC(=O)C(=O)NCCc2ccccc2)cc1OC. The highest BCUT2D eigenvalue weighted by atomic mass is 16.5. The Hall–Kier alpha value is -3.35. The summed E-state index contributed by atoms with van der Waals surface area (Å²) in [6.45, 7) is 2.78. The smallest absolute Gasteiger partial charge is 0.329 e. The summed E-state index contributed by atoms with van der Waals surface area (Å²) in [7, 11) is 1.54. The first-order valence-electron chi connectivity index (χ1n) is 8.60. The average molecular weight is 369 g/mol. The van der Waals surface area contributed by atoms with Gasteiger partial charge in [0, 0.05) is 6.54 Å². The topological polar surface area (TPSA) is 89.0 Å². The average Bonchev–Trinajstić information content (AvgIpc) is 2.69. The van der Waals surface area contributed by atoms with Crippen LogP contribution in [0.15, 0.2) is 53.6 Å². The number of nitrogens with one attached hydrogen (secondary N) is 2. The second-order valence-corrected chi connectivity index (χ2v) is 5.53. The Morgan fingerprint density at radius 2 is 1.85 bits per heavy atom. The Bertz CT molecular complexity index is 791. The Labute approximate surface area is 158 Å². The normalized spacial score (nSPS) is 10.4. The van der Waals surface area contributed by atoms with Crippen LogP contribution in [0.2, 0.25) is 0 Å². The fourth-order valence-electron chi connectivity index (χ4n) is 2.30. The minimum Gasteiger partial charge on any atom is -0.493 e. The maximum absolute atomic E-state index is 11.8. The molecule has 0 spiro atoms. The van der Waals surface area contributed by atoms with Crippen LogP contribution in [0.3, 0.4) is 0 Å². The molecule has 0 bridgehead atoms. The minimum absolute atomic E-state index is 0.371. The summed E-state index contributed by atoms with van der Waals surface area (Å²) in [5.41, 5.74) is 3.98. The third kappa shape index (κ3) is 6.47. The van der Waals surface area contributed by atoms with Gasteiger partial charge in [-0.3, -0.25) is 9.59 Å². The largest absolute Gasteiger partial charge is 0.493 e. The van der Waals surface area contributed by atoms with Crippen molar-refractivity contribution < 1.29 is 19.1 Å². The molecule has 7 nitrogen and oxygen atoms in total. The van der Waals surface area contributed by atoms with E-state index in [1.807, 2.05) is 37.3 Å². The van der Waals surface area contributed by atoms with Gasteiger partial charge < -0.3 is 14.8 Å². The van der Waals surface area contributed by atoms with E-state index in [0.717, 1.165) is 5.56 Å². The first-order chi connectivity index (χ1) is 13.1. The molecule has 0 unspecified atom stereocenters. The summed E-state index contributed by atoms with van der Waals surface area (Å²) in [4.78, 5) is 23.5. The maximum atomic E-state index is 11.8. The molecule has 0 aliphatic heterocycles. The lowest BCUT2D eigenvalue weighted by atomic mass is 10.1. The zero-order valence-electron chi connectivity index (χ0n) is 15.4. The first kappa shape index (κ1) is 20.0. The number of hydrazone groups is 1. The summed E-state index contributed by atoms with van der Waals surface area (Å²) < 4.78 is 10.7. The molecule has 0 saturated carbocycles. The number of hydrogen-bond donors (Lipinski definition) is 2. The lowest BCUT2D eigenvalue weighted by Crippen LogP contribution is -2.38. The van der Waals surface area contributed by atoms with Crippen molar-refractivity contribution in [3.63, 3.8) is 0 Å². The highest BCUT2D eigenvalue weighted by molar-refractivity contribution is 6.35. The van der Waals surface area contributed by atoms with Gasteiger partial charge in [-0.25, -0.2) is 5.43 Å². The highest BCUT2D eigenvalue weighted by Gasteiger charge is 2.11. The van der Waals surface area contributed by atoms with Crippen molar-refractivity contribution in [3.8, 4) is 11.5 Å². The van der Waals surface area contributed by atoms with Gasteiger partial charge in [0.1, 0.15) is 0 Å². The summed E-state index contributed by atoms with van der Waals surface area (Å²) in [6.07, 6.45) is 2.07. The second kappa shape index (κ2) is 10.6. The van der Waals surface area contributed by atoms with Gasteiger partial charge in [0.15, 0.2) is 11.5 Å². The van der Waals surface area contributed by atoms with Gasteiger partial charge in [-0.1, -0.05) is 30.3 Å². The van der Waals surface area contributed by atoms with Crippen molar-refractivity contribution in [2.45, 2.75) is 13.3 Å². The number of ether oxygens (including phenoxy) is 2. The monoisotopic (exact) mass is 369 g/mol. The molecule has 0 aliphatic carbocycles. The van der Waals surface area contributed by atoms with E-state index in [1.54, 1.807) is 25.3 Å². The highest BCUT2D eigenvalue weighted by Crippen LogP contribution is 2.27. The van der Waals surface area contributed by atoms with Gasteiger partial charge in [0.2, 0.25) is 0 Å². The predicted molar refractivity (Wildman–Crippen MR) is 103 cm³/mol. The zero-order valence-corrected chi connectivity index (χ0v) is 15.4. The molecular weight excluding hydrogens is 346 g/mol. The fourth-order valence-corrected chi connectivity index (χ4v) is 2.30. The number of rotatable bonds is 8. The van der Waals surface area contributed by atoms with Gasteiger partial charge in [-0.05, 0) is 42.7 Å². The van der Waals surface area contributed by atoms with Crippen LogP contribution in [-0.4, -0.2) is 38.3 Å². The van der Waals surface area contributed by atoms with E-state index in [9.17, 15) is 9.59 Å². The van der Waals surface area contributed by atoms with Crippen LogP contribution >= 0.6 is 0 Å². The van der Waals surface area contributed by atoms with Crippen molar-refractivity contribution in [1.82, 2.24) is 10.7 Å². The van der Waals surface area contributed by atoms with Gasteiger partial charge in [0.05, 0.1) is 19.9 Å². The van der Waals surface area contributed by atoms with Crippen LogP contribution in [0.4, 0.5) is 0 Å². The second-order valence-electron chi connectivity index (χ2n) is 5.53. The van der Waals surface area contributed by atoms with Crippen molar-refractivity contribution in [2.24, 2.45) is 5.10 Å². The number of nitrogens with zero attached hydrogens (tertiary/aromatic N) is 1. The number of benzene rings is 2. The third-order valence-corrected chi connectivity index (χ3v) is 3.62. The van der Waals surface area contributed by atoms with Crippen molar-refractivity contribution >= 4 is 18.0 Å². The van der Waals surface area contributed by atoms with Crippen LogP contribution in [-0.2, 0) is 16.0 Å². The van der Waals surface area contributed by atoms with Crippen molar-refractivity contribution in [1.29, 1.82) is 0 Å². The van der Waals surface area contributed by atoms with Gasteiger partial charge in [-0.15, -0.1) is 0 Å². The molecular formula is C20H23N3O4. The van der Waals surface area contributed by atoms with Crippen molar-refractivity contribution in [2.75, 3.05) is 20.3 Å². The Kier molecular flexibility index (Phi) is 7.84. The van der Waals surface area contributed by atoms with E-state index in [-0.39, 0.29) is 0 Å². The molecule has 27 heavy (non-hydrogen) atoms. The summed E-state index contributed by atoms with van der Waals surface area (Å²) in [5, 5.41) is 6.36. The molecule has 2 amide bonds. The van der Waals surface area contributed by atoms with Crippen LogP contribution in [0.1, 0.15) is 18.1 Å². The molecule has 2 aromatic carbocycles. The van der Waals surface area contributed by atoms with Gasteiger partial charge >= 0.3 is 11.8 Å². The van der Waals surface area contributed by atoms with Crippen LogP contribution in [0, 0.1) is 0 Å². The first-order valence-corrected chi connectivity index (χ1v) is 8.60. The molecule has 0 saturated heterocycles. The zero-order chi connectivity index (χ0) is 19.5. The minimum atomic E-state index is -0.822. The van der Waals surface area contributed by atoms with E-state index >= 15 is 0 Å². The Balaban J connectivity index is 1.80. The number of amides is 2. The molecule has 142 valence electrons. The number of carbonyl (C=O) groups excluding carboxylic acids is 2. The molecule has 7 heteroatoms. The maximum Gasteiger partial charge on any atom is 0.329 e. The molecule has 2 N–H and O–H groups in total. The van der Waals surface area contributed by atoms with Crippen LogP contribution < -0.4 is 20.2 Å². The molecule has 0 radical (unpaired) electrons. The summed E-state index contributed by atoms with van der Waals surface area (Å²) >= 11 is 0. The standard InChI is InChI=1S/C20H23N3O4/c1-3-27-17-10-9-16(13-18(17)26-2)14-22-23-20(25)19(24)21-12-11-15-7-5-4-6-8-15/h4-10,13-14H,3,11-12H2,1-2H3,(H,21,24)(H,23,25)/b22-14-. The van der Waals surface area contributed by atoms with Crippen LogP contribution in [0.5, 0.6) is 11.5 Å². The predicted octanol–water partition coefficient (Wildman–Crippen LogP) is 1.90. The van der Waals surface area contributed by atoms with E-state index < -0.39 is 11.8 Å². The third-order valence-electron chi connectivity index (χ3n) is 3.62. The van der Waals surface area contributed by atoms with Gasteiger partial charge in [0.25, 0.3) is 0 Å². The van der Waals surface area contributed by atoms with Crippen molar-refractivity contribution in [3.05, 3.63) is 59.7 Å². The van der Waals surface area contributed by atoms with Gasteiger partial charge in [-0.2, -0.15) is 5.10 Å². The number of hydrogen-bond acceptors (Lipinski definition) is 5. The fraction of sp³-hybridized carbons (Fsp3) is 0.250. The summed E-state index contributed by atoms with van der Waals surface area (Å²) in [6, 6.07) is 14.9.